The van der Waals surface area contributed by atoms with Crippen LogP contribution in [0.1, 0.15) is 41.7 Å². The van der Waals surface area contributed by atoms with E-state index in [2.05, 4.69) is 17.1 Å². The molecule has 0 bridgehead atoms. The van der Waals surface area contributed by atoms with Crippen molar-refractivity contribution in [1.82, 2.24) is 4.98 Å². The number of H-pyrrole nitrogens is 1. The maximum Gasteiger partial charge on any atom is 0.354 e. The Kier molecular flexibility index (Phi) is 2.39. The molecule has 1 aliphatic rings. The van der Waals surface area contributed by atoms with Gasteiger partial charge in [0.1, 0.15) is 5.69 Å². The van der Waals surface area contributed by atoms with Crippen molar-refractivity contribution in [2.24, 2.45) is 0 Å². The van der Waals surface area contributed by atoms with Crippen LogP contribution in [0, 0.1) is 0 Å². The molecule has 1 fully saturated rings. The zero-order valence-electron chi connectivity index (χ0n) is 9.82. The highest BCUT2D eigenvalue weighted by molar-refractivity contribution is 5.95. The van der Waals surface area contributed by atoms with E-state index in [1.807, 2.05) is 19.1 Å². The Hall–Kier alpha value is -1.77. The maximum atomic E-state index is 11.6. The number of benzene rings is 1. The molecule has 1 heterocycles. The van der Waals surface area contributed by atoms with Crippen LogP contribution >= 0.6 is 0 Å². The normalized spacial score (nSPS) is 15.1. The van der Waals surface area contributed by atoms with Gasteiger partial charge in [-0.1, -0.05) is 6.07 Å². The zero-order chi connectivity index (χ0) is 11.8. The molecule has 1 aromatic heterocycles. The number of nitrogens with one attached hydrogen (secondary N) is 1. The number of esters is 1. The van der Waals surface area contributed by atoms with Crippen molar-refractivity contribution in [3.8, 4) is 0 Å². The van der Waals surface area contributed by atoms with Crippen LogP contribution in [0.25, 0.3) is 10.9 Å². The van der Waals surface area contributed by atoms with Gasteiger partial charge in [-0.15, -0.1) is 0 Å². The Morgan fingerprint density at radius 1 is 1.41 bits per heavy atom. The average molecular weight is 229 g/mol. The lowest BCUT2D eigenvalue weighted by Gasteiger charge is -1.97. The third kappa shape index (κ3) is 1.93. The highest BCUT2D eigenvalue weighted by atomic mass is 16.5. The smallest absolute Gasteiger partial charge is 0.354 e. The number of rotatable bonds is 3. The summed E-state index contributed by atoms with van der Waals surface area (Å²) in [6.07, 6.45) is 2.58. The second-order valence-corrected chi connectivity index (χ2v) is 4.52. The van der Waals surface area contributed by atoms with Crippen LogP contribution in [0.5, 0.6) is 0 Å². The molecule has 0 radical (unpaired) electrons. The van der Waals surface area contributed by atoms with Gasteiger partial charge in [0.25, 0.3) is 0 Å². The van der Waals surface area contributed by atoms with E-state index in [1.54, 1.807) is 0 Å². The second kappa shape index (κ2) is 3.91. The van der Waals surface area contributed by atoms with Crippen LogP contribution in [0.2, 0.25) is 0 Å². The number of carbonyl (C=O) groups excluding carboxylic acids is 1. The lowest BCUT2D eigenvalue weighted by Crippen LogP contribution is -2.04. The van der Waals surface area contributed by atoms with Gasteiger partial charge in [0.2, 0.25) is 0 Å². The quantitative estimate of drug-likeness (QED) is 0.821. The summed E-state index contributed by atoms with van der Waals surface area (Å²) in [5.41, 5.74) is 2.92. The fourth-order valence-electron chi connectivity index (χ4n) is 2.14. The van der Waals surface area contributed by atoms with E-state index in [0.717, 1.165) is 16.8 Å². The van der Waals surface area contributed by atoms with Crippen LogP contribution in [-0.4, -0.2) is 17.6 Å². The van der Waals surface area contributed by atoms with Crippen LogP contribution in [0.15, 0.2) is 24.3 Å². The molecular weight excluding hydrogens is 214 g/mol. The van der Waals surface area contributed by atoms with Crippen LogP contribution in [0.4, 0.5) is 0 Å². The van der Waals surface area contributed by atoms with E-state index in [0.29, 0.717) is 12.3 Å². The van der Waals surface area contributed by atoms with Gasteiger partial charge in [-0.05, 0) is 49.4 Å². The summed E-state index contributed by atoms with van der Waals surface area (Å²) in [7, 11) is 0. The van der Waals surface area contributed by atoms with Gasteiger partial charge in [0.05, 0.1) is 6.61 Å². The Balaban J connectivity index is 1.97. The molecule has 0 atom stereocenters. The Morgan fingerprint density at radius 3 is 2.94 bits per heavy atom. The Labute approximate surface area is 99.8 Å². The van der Waals surface area contributed by atoms with Gasteiger partial charge in [-0.25, -0.2) is 4.79 Å². The summed E-state index contributed by atoms with van der Waals surface area (Å²) in [6, 6.07) is 8.24. The van der Waals surface area contributed by atoms with Crippen molar-refractivity contribution >= 4 is 16.9 Å². The molecule has 3 heteroatoms. The van der Waals surface area contributed by atoms with E-state index in [4.69, 9.17) is 4.74 Å². The Bertz CT molecular complexity index is 567. The molecule has 3 nitrogen and oxygen atoms in total. The summed E-state index contributed by atoms with van der Waals surface area (Å²) >= 11 is 0. The molecule has 1 aliphatic carbocycles. The predicted molar refractivity (Wildman–Crippen MR) is 66.2 cm³/mol. The average Bonchev–Trinajstić information content (AvgIpc) is 3.08. The topological polar surface area (TPSA) is 42.1 Å². The molecule has 0 amide bonds. The van der Waals surface area contributed by atoms with Crippen molar-refractivity contribution in [3.05, 3.63) is 35.5 Å². The summed E-state index contributed by atoms with van der Waals surface area (Å²) in [4.78, 5) is 14.7. The van der Waals surface area contributed by atoms with Crippen LogP contribution < -0.4 is 0 Å². The number of aromatic amines is 1. The minimum absolute atomic E-state index is 0.281. The highest BCUT2D eigenvalue weighted by Gasteiger charge is 2.23. The fourth-order valence-corrected chi connectivity index (χ4v) is 2.14. The van der Waals surface area contributed by atoms with Gasteiger partial charge in [0, 0.05) is 10.9 Å². The van der Waals surface area contributed by atoms with Gasteiger partial charge in [-0.3, -0.25) is 0 Å². The number of carbonyl (C=O) groups is 1. The SMILES string of the molecule is CCOC(=O)c1cc2cc(C3CC3)ccc2[nH]1. The maximum absolute atomic E-state index is 11.6. The highest BCUT2D eigenvalue weighted by Crippen LogP contribution is 2.40. The minimum Gasteiger partial charge on any atom is -0.461 e. The number of hydrogen-bond donors (Lipinski definition) is 1. The standard InChI is InChI=1S/C14H15NO2/c1-2-17-14(16)13-8-11-7-10(9-3-4-9)5-6-12(11)15-13/h5-9,15H,2-4H2,1H3. The van der Waals surface area contributed by atoms with Crippen molar-refractivity contribution in [2.75, 3.05) is 6.61 Å². The fraction of sp³-hybridized carbons (Fsp3) is 0.357. The van der Waals surface area contributed by atoms with Gasteiger partial charge < -0.3 is 9.72 Å². The molecule has 1 N–H and O–H groups in total. The molecule has 88 valence electrons. The van der Waals surface area contributed by atoms with E-state index >= 15 is 0 Å². The monoisotopic (exact) mass is 229 g/mol. The summed E-state index contributed by atoms with van der Waals surface area (Å²) < 4.78 is 4.98. The second-order valence-electron chi connectivity index (χ2n) is 4.52. The van der Waals surface area contributed by atoms with Crippen molar-refractivity contribution in [2.45, 2.75) is 25.7 Å². The van der Waals surface area contributed by atoms with Crippen molar-refractivity contribution in [1.29, 1.82) is 0 Å². The first-order valence-corrected chi connectivity index (χ1v) is 6.07. The molecule has 1 saturated carbocycles. The third-order valence-electron chi connectivity index (χ3n) is 3.19. The number of hydrogen-bond acceptors (Lipinski definition) is 2. The van der Waals surface area contributed by atoms with Crippen molar-refractivity contribution < 1.29 is 9.53 Å². The molecule has 0 unspecified atom stereocenters. The summed E-state index contributed by atoms with van der Waals surface area (Å²) in [6.45, 7) is 2.22. The lowest BCUT2D eigenvalue weighted by atomic mass is 10.1. The van der Waals surface area contributed by atoms with Gasteiger partial charge in [0.15, 0.2) is 0 Å². The van der Waals surface area contributed by atoms with E-state index < -0.39 is 0 Å². The molecule has 1 aromatic carbocycles. The third-order valence-corrected chi connectivity index (χ3v) is 3.19. The van der Waals surface area contributed by atoms with Crippen LogP contribution in [-0.2, 0) is 4.74 Å². The van der Waals surface area contributed by atoms with Crippen LogP contribution in [0.3, 0.4) is 0 Å². The zero-order valence-corrected chi connectivity index (χ0v) is 9.82. The first-order chi connectivity index (χ1) is 8.28. The lowest BCUT2D eigenvalue weighted by molar-refractivity contribution is 0.0520. The molecule has 2 aromatic rings. The summed E-state index contributed by atoms with van der Waals surface area (Å²) in [5, 5.41) is 1.09. The van der Waals surface area contributed by atoms with Crippen molar-refractivity contribution in [3.63, 3.8) is 0 Å². The molecule has 17 heavy (non-hydrogen) atoms. The first kappa shape index (κ1) is 10.4. The molecule has 0 spiro atoms. The van der Waals surface area contributed by atoms with E-state index in [9.17, 15) is 4.79 Å². The minimum atomic E-state index is -0.281. The first-order valence-electron chi connectivity index (χ1n) is 6.07. The summed E-state index contributed by atoms with van der Waals surface area (Å²) in [5.74, 6) is 0.456. The number of ether oxygens (including phenoxy) is 1. The Morgan fingerprint density at radius 2 is 2.24 bits per heavy atom. The van der Waals surface area contributed by atoms with Gasteiger partial charge in [-0.2, -0.15) is 0 Å². The van der Waals surface area contributed by atoms with E-state index in [1.165, 1.54) is 18.4 Å². The predicted octanol–water partition coefficient (Wildman–Crippen LogP) is 3.22. The van der Waals surface area contributed by atoms with E-state index in [-0.39, 0.29) is 5.97 Å². The molecule has 3 rings (SSSR count). The van der Waals surface area contributed by atoms with Gasteiger partial charge >= 0.3 is 5.97 Å². The number of aromatic nitrogens is 1. The molecule has 0 aliphatic heterocycles. The molecular formula is C14H15NO2. The number of fused-ring (bicyclic) bond motifs is 1. The largest absolute Gasteiger partial charge is 0.461 e. The molecule has 0 saturated heterocycles.